The third kappa shape index (κ3) is 5.22. The number of hydrogen-bond donors (Lipinski definition) is 1. The lowest BCUT2D eigenvalue weighted by Gasteiger charge is -2.10. The van der Waals surface area contributed by atoms with Gasteiger partial charge in [0.25, 0.3) is 5.91 Å². The zero-order chi connectivity index (χ0) is 18.4. The number of hydrogen-bond acceptors (Lipinski definition) is 6. The molecule has 0 aliphatic heterocycles. The molecular weight excluding hydrogens is 344 g/mol. The zero-order valence-corrected chi connectivity index (χ0v) is 14.5. The van der Waals surface area contributed by atoms with E-state index < -0.39 is 15.9 Å². The first-order valence-electron chi connectivity index (χ1n) is 7.29. The SMILES string of the molecule is CCOc1ccc(Oc2ccc(C(=O)NS(C)(=O)=O)cc2C#N)cc1. The van der Waals surface area contributed by atoms with Crippen LogP contribution in [0.2, 0.25) is 0 Å². The van der Waals surface area contributed by atoms with Gasteiger partial charge in [-0.3, -0.25) is 4.79 Å². The summed E-state index contributed by atoms with van der Waals surface area (Å²) in [6.45, 7) is 2.43. The molecule has 0 saturated carbocycles. The van der Waals surface area contributed by atoms with E-state index in [0.29, 0.717) is 18.1 Å². The Morgan fingerprint density at radius 2 is 1.80 bits per heavy atom. The van der Waals surface area contributed by atoms with Gasteiger partial charge >= 0.3 is 0 Å². The quantitative estimate of drug-likeness (QED) is 0.848. The fraction of sp³-hybridized carbons (Fsp3) is 0.176. The second-order valence-corrected chi connectivity index (χ2v) is 6.78. The van der Waals surface area contributed by atoms with Crippen LogP contribution in [0.15, 0.2) is 42.5 Å². The molecule has 25 heavy (non-hydrogen) atoms. The van der Waals surface area contributed by atoms with Crippen LogP contribution in [0, 0.1) is 11.3 Å². The molecule has 0 fully saturated rings. The predicted octanol–water partition coefficient (Wildman–Crippen LogP) is 2.44. The van der Waals surface area contributed by atoms with Gasteiger partial charge in [-0.05, 0) is 49.4 Å². The number of nitriles is 1. The van der Waals surface area contributed by atoms with Gasteiger partial charge in [0.15, 0.2) is 0 Å². The maximum Gasteiger partial charge on any atom is 0.264 e. The van der Waals surface area contributed by atoms with E-state index in [1.807, 2.05) is 17.7 Å². The Morgan fingerprint density at radius 1 is 1.16 bits per heavy atom. The minimum Gasteiger partial charge on any atom is -0.494 e. The summed E-state index contributed by atoms with van der Waals surface area (Å²) in [6.07, 6.45) is 0.875. The lowest BCUT2D eigenvalue weighted by Crippen LogP contribution is -2.29. The first kappa shape index (κ1) is 18.3. The molecule has 2 rings (SSSR count). The number of sulfonamides is 1. The highest BCUT2D eigenvalue weighted by Crippen LogP contribution is 2.27. The average molecular weight is 360 g/mol. The van der Waals surface area contributed by atoms with Crippen LogP contribution in [-0.4, -0.2) is 27.2 Å². The van der Waals surface area contributed by atoms with Crippen molar-refractivity contribution in [3.63, 3.8) is 0 Å². The molecule has 0 aromatic heterocycles. The van der Waals surface area contributed by atoms with Crippen molar-refractivity contribution < 1.29 is 22.7 Å². The van der Waals surface area contributed by atoms with Crippen molar-refractivity contribution >= 4 is 15.9 Å². The molecule has 0 aliphatic carbocycles. The van der Waals surface area contributed by atoms with Crippen molar-refractivity contribution in [3.05, 3.63) is 53.6 Å². The van der Waals surface area contributed by atoms with Crippen LogP contribution in [0.3, 0.4) is 0 Å². The molecule has 0 radical (unpaired) electrons. The Balaban J connectivity index is 2.22. The molecule has 2 aromatic rings. The van der Waals surface area contributed by atoms with Crippen LogP contribution in [0.25, 0.3) is 0 Å². The number of nitrogens with one attached hydrogen (secondary N) is 1. The van der Waals surface area contributed by atoms with Crippen molar-refractivity contribution in [2.24, 2.45) is 0 Å². The largest absolute Gasteiger partial charge is 0.494 e. The molecule has 7 nitrogen and oxygen atoms in total. The topological polar surface area (TPSA) is 105 Å². The van der Waals surface area contributed by atoms with Gasteiger partial charge in [-0.2, -0.15) is 5.26 Å². The third-order valence-electron chi connectivity index (χ3n) is 3.00. The summed E-state index contributed by atoms with van der Waals surface area (Å²) in [5, 5.41) is 9.25. The van der Waals surface area contributed by atoms with E-state index in [1.54, 1.807) is 24.3 Å². The van der Waals surface area contributed by atoms with Crippen molar-refractivity contribution in [2.75, 3.05) is 12.9 Å². The van der Waals surface area contributed by atoms with E-state index in [2.05, 4.69) is 0 Å². The van der Waals surface area contributed by atoms with E-state index >= 15 is 0 Å². The minimum absolute atomic E-state index is 0.0426. The second-order valence-electron chi connectivity index (χ2n) is 5.03. The maximum absolute atomic E-state index is 11.8. The summed E-state index contributed by atoms with van der Waals surface area (Å²) in [5.74, 6) is 0.630. The highest BCUT2D eigenvalue weighted by molar-refractivity contribution is 7.89. The predicted molar refractivity (Wildman–Crippen MR) is 91.2 cm³/mol. The number of carbonyl (C=O) groups is 1. The number of amides is 1. The Labute approximate surface area is 145 Å². The number of ether oxygens (including phenoxy) is 2. The summed E-state index contributed by atoms with van der Waals surface area (Å²) >= 11 is 0. The van der Waals surface area contributed by atoms with Gasteiger partial charge in [0.05, 0.1) is 18.4 Å². The monoisotopic (exact) mass is 360 g/mol. The van der Waals surface area contributed by atoms with Crippen molar-refractivity contribution in [1.29, 1.82) is 5.26 Å². The molecule has 0 atom stereocenters. The van der Waals surface area contributed by atoms with Crippen LogP contribution >= 0.6 is 0 Å². The number of carbonyl (C=O) groups excluding carboxylic acids is 1. The highest BCUT2D eigenvalue weighted by Gasteiger charge is 2.14. The van der Waals surface area contributed by atoms with Gasteiger partial charge in [-0.15, -0.1) is 0 Å². The Kier molecular flexibility index (Phi) is 5.62. The zero-order valence-electron chi connectivity index (χ0n) is 13.6. The van der Waals surface area contributed by atoms with E-state index in [1.165, 1.54) is 18.2 Å². The van der Waals surface area contributed by atoms with Gasteiger partial charge in [0.2, 0.25) is 10.0 Å². The Bertz CT molecular complexity index is 915. The Morgan fingerprint density at radius 3 is 2.36 bits per heavy atom. The molecule has 0 saturated heterocycles. The average Bonchev–Trinajstić information content (AvgIpc) is 2.55. The molecule has 2 aromatic carbocycles. The molecular formula is C17H16N2O5S. The molecule has 0 bridgehead atoms. The molecule has 1 amide bonds. The first-order valence-corrected chi connectivity index (χ1v) is 9.18. The number of rotatable bonds is 6. The van der Waals surface area contributed by atoms with Crippen LogP contribution in [0.1, 0.15) is 22.8 Å². The molecule has 8 heteroatoms. The smallest absolute Gasteiger partial charge is 0.264 e. The number of nitrogens with zero attached hydrogens (tertiary/aromatic N) is 1. The van der Waals surface area contributed by atoms with Crippen LogP contribution in [0.4, 0.5) is 0 Å². The maximum atomic E-state index is 11.8. The van der Waals surface area contributed by atoms with Crippen LogP contribution in [-0.2, 0) is 10.0 Å². The van der Waals surface area contributed by atoms with Gasteiger partial charge in [0.1, 0.15) is 23.3 Å². The summed E-state index contributed by atoms with van der Waals surface area (Å²) in [7, 11) is -3.68. The van der Waals surface area contributed by atoms with Crippen molar-refractivity contribution in [1.82, 2.24) is 4.72 Å². The molecule has 130 valence electrons. The van der Waals surface area contributed by atoms with Gasteiger partial charge in [0, 0.05) is 5.56 Å². The fourth-order valence-electron chi connectivity index (χ4n) is 1.97. The number of benzene rings is 2. The normalized spacial score (nSPS) is 10.6. The fourth-order valence-corrected chi connectivity index (χ4v) is 2.43. The standard InChI is InChI=1S/C17H16N2O5S/c1-3-23-14-5-7-15(8-6-14)24-16-9-4-12(10-13(16)11-18)17(20)19-25(2,21)22/h4-10H,3H2,1-2H3,(H,19,20). The molecule has 0 heterocycles. The molecule has 0 unspecified atom stereocenters. The lowest BCUT2D eigenvalue weighted by molar-refractivity contribution is 0.0981. The molecule has 0 spiro atoms. The van der Waals surface area contributed by atoms with Gasteiger partial charge in [-0.25, -0.2) is 13.1 Å². The lowest BCUT2D eigenvalue weighted by atomic mass is 10.1. The van der Waals surface area contributed by atoms with E-state index in [-0.39, 0.29) is 16.9 Å². The van der Waals surface area contributed by atoms with Crippen molar-refractivity contribution in [2.45, 2.75) is 6.92 Å². The van der Waals surface area contributed by atoms with Gasteiger partial charge < -0.3 is 9.47 Å². The van der Waals surface area contributed by atoms with E-state index in [4.69, 9.17) is 9.47 Å². The van der Waals surface area contributed by atoms with Crippen molar-refractivity contribution in [3.8, 4) is 23.3 Å². The highest BCUT2D eigenvalue weighted by atomic mass is 32.2. The molecule has 1 N–H and O–H groups in total. The minimum atomic E-state index is -3.68. The molecule has 0 aliphatic rings. The second kappa shape index (κ2) is 7.68. The summed E-state index contributed by atoms with van der Waals surface area (Å²) in [5.41, 5.74) is 0.149. The van der Waals surface area contributed by atoms with E-state index in [9.17, 15) is 18.5 Å². The first-order chi connectivity index (χ1) is 11.8. The van der Waals surface area contributed by atoms with E-state index in [0.717, 1.165) is 6.26 Å². The summed E-state index contributed by atoms with van der Waals surface area (Å²) in [6, 6.07) is 12.9. The third-order valence-corrected chi connectivity index (χ3v) is 3.56. The summed E-state index contributed by atoms with van der Waals surface area (Å²) < 4.78 is 35.1. The van der Waals surface area contributed by atoms with Gasteiger partial charge in [-0.1, -0.05) is 0 Å². The van der Waals surface area contributed by atoms with Crippen LogP contribution < -0.4 is 14.2 Å². The van der Waals surface area contributed by atoms with Crippen LogP contribution in [0.5, 0.6) is 17.2 Å². The summed E-state index contributed by atoms with van der Waals surface area (Å²) in [4.78, 5) is 11.8. The Hall–Kier alpha value is -3.05.